The predicted molar refractivity (Wildman–Crippen MR) is 81.6 cm³/mol. The van der Waals surface area contributed by atoms with E-state index in [2.05, 4.69) is 4.72 Å². The molecule has 2 aromatic rings. The van der Waals surface area contributed by atoms with E-state index in [1.807, 2.05) is 0 Å². The molecule has 6 nitrogen and oxygen atoms in total. The minimum atomic E-state index is -4.58. The molecule has 0 saturated carbocycles. The second-order valence-corrected chi connectivity index (χ2v) is 7.42. The zero-order chi connectivity index (χ0) is 18.0. The van der Waals surface area contributed by atoms with E-state index in [-0.39, 0.29) is 9.90 Å². The van der Waals surface area contributed by atoms with Gasteiger partial charge < -0.3 is 10.4 Å². The molecule has 0 aliphatic carbocycles. The molecule has 24 heavy (non-hydrogen) atoms. The van der Waals surface area contributed by atoms with Gasteiger partial charge in [-0.3, -0.25) is 9.52 Å². The van der Waals surface area contributed by atoms with Crippen LogP contribution in [0.25, 0.3) is 0 Å². The van der Waals surface area contributed by atoms with Gasteiger partial charge in [0.15, 0.2) is 0 Å². The average molecular weight is 380 g/mol. The summed E-state index contributed by atoms with van der Waals surface area (Å²) in [6.07, 6.45) is -4.58. The van der Waals surface area contributed by atoms with Gasteiger partial charge in [0.2, 0.25) is 0 Å². The van der Waals surface area contributed by atoms with Crippen LogP contribution >= 0.6 is 11.3 Å². The Kier molecular flexibility index (Phi) is 5.04. The number of anilines is 1. The lowest BCUT2D eigenvalue weighted by Gasteiger charge is -2.11. The Labute approximate surface area is 139 Å². The van der Waals surface area contributed by atoms with Gasteiger partial charge in [-0.25, -0.2) is 8.42 Å². The van der Waals surface area contributed by atoms with Crippen molar-refractivity contribution in [1.29, 1.82) is 0 Å². The summed E-state index contributed by atoms with van der Waals surface area (Å²) < 4.78 is 62.5. The molecule has 0 aliphatic rings. The molecule has 0 unspecified atom stereocenters. The second-order valence-electron chi connectivity index (χ2n) is 4.57. The Hall–Kier alpha value is -2.27. The minimum Gasteiger partial charge on any atom is -0.507 e. The lowest BCUT2D eigenvalue weighted by Crippen LogP contribution is -2.33. The molecule has 0 atom stereocenters. The summed E-state index contributed by atoms with van der Waals surface area (Å²) in [5, 5.41) is 12.9. The molecule has 0 aliphatic heterocycles. The Balaban J connectivity index is 2.14. The first-order valence-corrected chi connectivity index (χ1v) is 8.69. The highest BCUT2D eigenvalue weighted by Gasteiger charge is 2.28. The number of carbonyl (C=O) groups excluding carboxylic acids is 1. The van der Waals surface area contributed by atoms with Gasteiger partial charge in [0.25, 0.3) is 15.9 Å². The van der Waals surface area contributed by atoms with E-state index >= 15 is 0 Å². The van der Waals surface area contributed by atoms with Crippen LogP contribution in [0.5, 0.6) is 5.75 Å². The number of phenolic OH excluding ortho intramolecular Hbond substituents is 1. The normalized spacial score (nSPS) is 12.0. The van der Waals surface area contributed by atoms with Crippen LogP contribution < -0.4 is 10.0 Å². The largest absolute Gasteiger partial charge is 0.507 e. The Morgan fingerprint density at radius 1 is 1.25 bits per heavy atom. The number of benzene rings is 1. The first-order valence-electron chi connectivity index (χ1n) is 6.33. The molecule has 130 valence electrons. The number of carbonyl (C=O) groups is 1. The van der Waals surface area contributed by atoms with Crippen molar-refractivity contribution in [2.45, 2.75) is 10.4 Å². The molecule has 0 saturated heterocycles. The maximum absolute atomic E-state index is 12.1. The Bertz CT molecular complexity index is 833. The maximum Gasteiger partial charge on any atom is 0.405 e. The van der Waals surface area contributed by atoms with Crippen molar-refractivity contribution >= 4 is 33.0 Å². The average Bonchev–Trinajstić information content (AvgIpc) is 2.98. The van der Waals surface area contributed by atoms with Crippen molar-refractivity contribution in [3.63, 3.8) is 0 Å². The number of nitrogens with one attached hydrogen (secondary N) is 2. The van der Waals surface area contributed by atoms with E-state index in [1.54, 1.807) is 16.8 Å². The molecule has 3 N–H and O–H groups in total. The highest BCUT2D eigenvalue weighted by atomic mass is 32.2. The fourth-order valence-corrected chi connectivity index (χ4v) is 3.73. The zero-order valence-corrected chi connectivity index (χ0v) is 13.4. The summed E-state index contributed by atoms with van der Waals surface area (Å²) in [7, 11) is -3.84. The van der Waals surface area contributed by atoms with Crippen molar-refractivity contribution < 1.29 is 31.5 Å². The van der Waals surface area contributed by atoms with E-state index in [4.69, 9.17) is 0 Å². The molecule has 2 rings (SSSR count). The molecular weight excluding hydrogens is 369 g/mol. The molecule has 1 amide bonds. The number of amides is 1. The third-order valence-corrected chi connectivity index (χ3v) is 5.48. The fraction of sp³-hybridized carbons (Fsp3) is 0.154. The minimum absolute atomic E-state index is 0.0340. The van der Waals surface area contributed by atoms with Gasteiger partial charge in [0.1, 0.15) is 16.5 Å². The van der Waals surface area contributed by atoms with Gasteiger partial charge in [-0.2, -0.15) is 13.2 Å². The smallest absolute Gasteiger partial charge is 0.405 e. The van der Waals surface area contributed by atoms with E-state index in [0.717, 1.165) is 29.5 Å². The quantitative estimate of drug-likeness (QED) is 0.743. The molecule has 0 fully saturated rings. The number of aromatic hydroxyl groups is 1. The number of thiophene rings is 1. The van der Waals surface area contributed by atoms with Crippen molar-refractivity contribution in [2.75, 3.05) is 11.3 Å². The molecule has 11 heteroatoms. The highest BCUT2D eigenvalue weighted by molar-refractivity contribution is 7.94. The summed E-state index contributed by atoms with van der Waals surface area (Å²) in [5.74, 6) is -1.78. The van der Waals surface area contributed by atoms with Gasteiger partial charge in [0.05, 0.1) is 11.3 Å². The lowest BCUT2D eigenvalue weighted by molar-refractivity contribution is -0.123. The van der Waals surface area contributed by atoms with E-state index in [9.17, 15) is 31.5 Å². The van der Waals surface area contributed by atoms with Crippen molar-refractivity contribution in [3.05, 3.63) is 41.3 Å². The van der Waals surface area contributed by atoms with Crippen molar-refractivity contribution in [2.24, 2.45) is 0 Å². The third-order valence-electron chi connectivity index (χ3n) is 2.70. The van der Waals surface area contributed by atoms with Gasteiger partial charge in [-0.1, -0.05) is 6.07 Å². The van der Waals surface area contributed by atoms with E-state index in [1.165, 1.54) is 6.07 Å². The van der Waals surface area contributed by atoms with Crippen LogP contribution in [0.3, 0.4) is 0 Å². The SMILES string of the molecule is O=C(NCC(F)(F)F)c1ccc(NS(=O)(=O)c2cccs2)cc1O. The molecule has 0 spiro atoms. The predicted octanol–water partition coefficient (Wildman–Crippen LogP) is 2.55. The molecule has 0 radical (unpaired) electrons. The van der Waals surface area contributed by atoms with Crippen LogP contribution in [-0.2, 0) is 10.0 Å². The maximum atomic E-state index is 12.1. The van der Waals surface area contributed by atoms with E-state index in [0.29, 0.717) is 0 Å². The van der Waals surface area contributed by atoms with Gasteiger partial charge in [-0.15, -0.1) is 11.3 Å². The van der Waals surface area contributed by atoms with Crippen LogP contribution in [-0.4, -0.2) is 32.2 Å². The third kappa shape index (κ3) is 4.61. The Morgan fingerprint density at radius 2 is 1.96 bits per heavy atom. The standard InChI is InChI=1S/C13H11F3N2O4S2/c14-13(15,16)7-17-12(20)9-4-3-8(6-10(9)19)18-24(21,22)11-2-1-5-23-11/h1-6,18-19H,7H2,(H,17,20). The monoisotopic (exact) mass is 380 g/mol. The van der Waals surface area contributed by atoms with Gasteiger partial charge >= 0.3 is 6.18 Å². The van der Waals surface area contributed by atoms with Crippen LogP contribution in [0.4, 0.5) is 18.9 Å². The summed E-state index contributed by atoms with van der Waals surface area (Å²) in [5.41, 5.74) is -0.438. The Morgan fingerprint density at radius 3 is 2.50 bits per heavy atom. The number of hydrogen-bond donors (Lipinski definition) is 3. The first kappa shape index (κ1) is 18.1. The molecule has 0 bridgehead atoms. The summed E-state index contributed by atoms with van der Waals surface area (Å²) in [6.45, 7) is -1.54. The number of phenols is 1. The summed E-state index contributed by atoms with van der Waals surface area (Å²) in [6, 6.07) is 6.05. The first-order chi connectivity index (χ1) is 11.1. The number of rotatable bonds is 5. The highest BCUT2D eigenvalue weighted by Crippen LogP contribution is 2.25. The molecule has 1 aromatic heterocycles. The zero-order valence-electron chi connectivity index (χ0n) is 11.8. The van der Waals surface area contributed by atoms with Crippen LogP contribution in [0.15, 0.2) is 39.9 Å². The summed E-state index contributed by atoms with van der Waals surface area (Å²) in [4.78, 5) is 11.6. The summed E-state index contributed by atoms with van der Waals surface area (Å²) >= 11 is 0.987. The fourth-order valence-electron chi connectivity index (χ4n) is 1.68. The second kappa shape index (κ2) is 6.69. The molecule has 1 aromatic carbocycles. The van der Waals surface area contributed by atoms with Gasteiger partial charge in [-0.05, 0) is 23.6 Å². The molecule has 1 heterocycles. The van der Waals surface area contributed by atoms with Crippen LogP contribution in [0.2, 0.25) is 0 Å². The van der Waals surface area contributed by atoms with E-state index < -0.39 is 40.0 Å². The van der Waals surface area contributed by atoms with Crippen molar-refractivity contribution in [1.82, 2.24) is 5.32 Å². The molecular formula is C13H11F3N2O4S2. The number of sulfonamides is 1. The van der Waals surface area contributed by atoms with Crippen LogP contribution in [0, 0.1) is 0 Å². The lowest BCUT2D eigenvalue weighted by atomic mass is 10.1. The van der Waals surface area contributed by atoms with Crippen LogP contribution in [0.1, 0.15) is 10.4 Å². The van der Waals surface area contributed by atoms with Crippen molar-refractivity contribution in [3.8, 4) is 5.75 Å². The van der Waals surface area contributed by atoms with Gasteiger partial charge in [0, 0.05) is 6.07 Å². The number of alkyl halides is 3. The topological polar surface area (TPSA) is 95.5 Å². The number of halogens is 3. The number of hydrogen-bond acceptors (Lipinski definition) is 5.